The van der Waals surface area contributed by atoms with Crippen LogP contribution in [0, 0.1) is 11.8 Å². The third-order valence-corrected chi connectivity index (χ3v) is 1.59. The summed E-state index contributed by atoms with van der Waals surface area (Å²) in [4.78, 5) is 23.3. The number of rotatable bonds is 0. The first-order valence-electron chi connectivity index (χ1n) is 3.07. The molecular weight excluding hydrogens is 222 g/mol. The second-order valence-corrected chi connectivity index (χ2v) is 2.86. The molecule has 1 N–H and O–H groups in total. The maximum absolute atomic E-state index is 11.0. The Morgan fingerprint density at radius 1 is 1.58 bits per heavy atom. The maximum atomic E-state index is 11.0. The van der Waals surface area contributed by atoms with E-state index in [1.165, 1.54) is 6.20 Å². The zero-order chi connectivity index (χ0) is 8.97. The van der Waals surface area contributed by atoms with E-state index in [1.807, 2.05) is 0 Å². The predicted octanol–water partition coefficient (Wildman–Crippen LogP) is 0.688. The van der Waals surface area contributed by atoms with Crippen LogP contribution in [-0.2, 0) is 4.79 Å². The lowest BCUT2D eigenvalue weighted by molar-refractivity contribution is -0.103. The fraction of sp³-hybridized carbons (Fsp3) is 0. The number of H-pyrrole nitrogens is 1. The first kappa shape index (κ1) is 8.75. The molecule has 0 saturated heterocycles. The minimum absolute atomic E-state index is 0.275. The van der Waals surface area contributed by atoms with Gasteiger partial charge in [-0.25, -0.2) is 0 Å². The predicted molar refractivity (Wildman–Crippen MR) is 47.7 cm³/mol. The van der Waals surface area contributed by atoms with Crippen LogP contribution in [0.3, 0.4) is 0 Å². The number of carbonyl (C=O) groups excluding carboxylic acids is 1. The summed E-state index contributed by atoms with van der Waals surface area (Å²) in [7, 11) is 0. The zero-order valence-corrected chi connectivity index (χ0v) is 7.51. The number of pyridine rings is 1. The molecule has 0 aromatic carbocycles. The van der Waals surface area contributed by atoms with Gasteiger partial charge in [0.2, 0.25) is 0 Å². The van der Waals surface area contributed by atoms with Gasteiger partial charge in [-0.1, -0.05) is 5.92 Å². The lowest BCUT2D eigenvalue weighted by atomic mass is 10.3. The van der Waals surface area contributed by atoms with Crippen molar-refractivity contribution < 1.29 is 4.79 Å². The van der Waals surface area contributed by atoms with Gasteiger partial charge in [-0.15, -0.1) is 0 Å². The molecule has 3 nitrogen and oxygen atoms in total. The monoisotopic (exact) mass is 225 g/mol. The summed E-state index contributed by atoms with van der Waals surface area (Å²) in [6.45, 7) is 0. The minimum atomic E-state index is -0.299. The Kier molecular flexibility index (Phi) is 2.83. The van der Waals surface area contributed by atoms with Gasteiger partial charge >= 0.3 is 0 Å². The molecule has 1 aromatic heterocycles. The smallest absolute Gasteiger partial charge is 0.263 e. The van der Waals surface area contributed by atoms with E-state index in [4.69, 9.17) is 0 Å². The highest BCUT2D eigenvalue weighted by Crippen LogP contribution is 2.05. The second kappa shape index (κ2) is 3.88. The lowest BCUT2D eigenvalue weighted by Gasteiger charge is -1.89. The van der Waals surface area contributed by atoms with Crippen LogP contribution in [-0.4, -0.2) is 11.3 Å². The number of carbonyl (C=O) groups is 1. The highest BCUT2D eigenvalue weighted by molar-refractivity contribution is 9.10. The molecule has 0 saturated carbocycles. The largest absolute Gasteiger partial charge is 0.327 e. The van der Waals surface area contributed by atoms with Gasteiger partial charge in [0.05, 0.1) is 5.56 Å². The van der Waals surface area contributed by atoms with Crippen molar-refractivity contribution >= 4 is 22.2 Å². The van der Waals surface area contributed by atoms with Gasteiger partial charge in [0.25, 0.3) is 5.56 Å². The van der Waals surface area contributed by atoms with Gasteiger partial charge in [0.1, 0.15) is 0 Å². The summed E-state index contributed by atoms with van der Waals surface area (Å²) >= 11 is 3.16. The molecule has 0 aliphatic carbocycles. The Balaban J connectivity index is 3.23. The number of hydrogen-bond donors (Lipinski definition) is 1. The van der Waals surface area contributed by atoms with Crippen molar-refractivity contribution in [2.45, 2.75) is 0 Å². The van der Waals surface area contributed by atoms with E-state index in [9.17, 15) is 9.59 Å². The molecular formula is C8H4BrNO2. The molecule has 0 amide bonds. The van der Waals surface area contributed by atoms with Crippen LogP contribution in [0.2, 0.25) is 0 Å². The summed E-state index contributed by atoms with van der Waals surface area (Å²) in [5.41, 5.74) is -0.0241. The van der Waals surface area contributed by atoms with Crippen LogP contribution >= 0.6 is 15.9 Å². The number of hydrogen-bond acceptors (Lipinski definition) is 2. The molecule has 1 aromatic rings. The summed E-state index contributed by atoms with van der Waals surface area (Å²) in [6, 6.07) is 1.55. The van der Waals surface area contributed by atoms with E-state index < -0.39 is 0 Å². The SMILES string of the molecule is O=CC#Cc1cc(Br)c[nH]c1=O. The van der Waals surface area contributed by atoms with Crippen molar-refractivity contribution in [1.29, 1.82) is 0 Å². The lowest BCUT2D eigenvalue weighted by Crippen LogP contribution is -2.08. The number of aromatic nitrogens is 1. The van der Waals surface area contributed by atoms with Crippen LogP contribution < -0.4 is 5.56 Å². The van der Waals surface area contributed by atoms with Crippen molar-refractivity contribution in [1.82, 2.24) is 4.98 Å². The van der Waals surface area contributed by atoms with Gasteiger partial charge < -0.3 is 4.98 Å². The topological polar surface area (TPSA) is 49.9 Å². The first-order chi connectivity index (χ1) is 5.74. The van der Waals surface area contributed by atoms with E-state index in [0.29, 0.717) is 6.29 Å². The molecule has 60 valence electrons. The van der Waals surface area contributed by atoms with Gasteiger partial charge in [-0.05, 0) is 27.9 Å². The van der Waals surface area contributed by atoms with E-state index in [-0.39, 0.29) is 11.1 Å². The molecule has 12 heavy (non-hydrogen) atoms. The Bertz CT molecular complexity index is 411. The molecule has 0 unspecified atom stereocenters. The van der Waals surface area contributed by atoms with Crippen LogP contribution in [0.4, 0.5) is 0 Å². The third kappa shape index (κ3) is 2.07. The van der Waals surface area contributed by atoms with E-state index in [1.54, 1.807) is 6.07 Å². The molecule has 4 heteroatoms. The Hall–Kier alpha value is -1.34. The van der Waals surface area contributed by atoms with Crippen molar-refractivity contribution in [3.05, 3.63) is 32.7 Å². The normalized spacial score (nSPS) is 8.42. The van der Waals surface area contributed by atoms with Crippen molar-refractivity contribution in [2.24, 2.45) is 0 Å². The average Bonchev–Trinajstić information content (AvgIpc) is 2.07. The van der Waals surface area contributed by atoms with Crippen molar-refractivity contribution in [3.8, 4) is 11.8 Å². The fourth-order valence-corrected chi connectivity index (χ4v) is 1.00. The van der Waals surface area contributed by atoms with E-state index >= 15 is 0 Å². The maximum Gasteiger partial charge on any atom is 0.263 e. The van der Waals surface area contributed by atoms with Crippen LogP contribution in [0.15, 0.2) is 21.5 Å². The molecule has 0 bridgehead atoms. The zero-order valence-electron chi connectivity index (χ0n) is 5.93. The average molecular weight is 226 g/mol. The molecule has 1 heterocycles. The van der Waals surface area contributed by atoms with Gasteiger partial charge in [-0.3, -0.25) is 9.59 Å². The number of halogens is 1. The quantitative estimate of drug-likeness (QED) is 0.522. The number of aromatic amines is 1. The summed E-state index contributed by atoms with van der Waals surface area (Å²) in [6.07, 6.45) is 1.95. The Labute approximate surface area is 76.9 Å². The fourth-order valence-electron chi connectivity index (χ4n) is 0.657. The number of aldehydes is 1. The van der Waals surface area contributed by atoms with E-state index in [0.717, 1.165) is 4.47 Å². The molecule has 0 fully saturated rings. The van der Waals surface area contributed by atoms with Gasteiger partial charge in [0, 0.05) is 10.7 Å². The molecule has 0 spiro atoms. The van der Waals surface area contributed by atoms with Gasteiger partial charge in [-0.2, -0.15) is 0 Å². The highest BCUT2D eigenvalue weighted by atomic mass is 79.9. The molecule has 0 aliphatic heterocycles. The summed E-state index contributed by atoms with van der Waals surface area (Å²) in [5.74, 6) is 4.57. The third-order valence-electron chi connectivity index (χ3n) is 1.13. The van der Waals surface area contributed by atoms with Crippen molar-refractivity contribution in [3.63, 3.8) is 0 Å². The first-order valence-corrected chi connectivity index (χ1v) is 3.87. The van der Waals surface area contributed by atoms with Crippen LogP contribution in [0.1, 0.15) is 5.56 Å². The Morgan fingerprint density at radius 2 is 2.33 bits per heavy atom. The Morgan fingerprint density at radius 3 is 3.00 bits per heavy atom. The second-order valence-electron chi connectivity index (χ2n) is 1.95. The van der Waals surface area contributed by atoms with Gasteiger partial charge in [0.15, 0.2) is 6.29 Å². The minimum Gasteiger partial charge on any atom is -0.327 e. The van der Waals surface area contributed by atoms with Crippen LogP contribution in [0.25, 0.3) is 0 Å². The molecule has 0 aliphatic rings. The van der Waals surface area contributed by atoms with Crippen LogP contribution in [0.5, 0.6) is 0 Å². The standard InChI is InChI=1S/C8H4BrNO2/c9-7-4-6(2-1-3-11)8(12)10-5-7/h3-5H,(H,10,12). The summed E-state index contributed by atoms with van der Waals surface area (Å²) in [5, 5.41) is 0. The molecule has 0 atom stereocenters. The molecule has 1 rings (SSSR count). The number of nitrogens with one attached hydrogen (secondary N) is 1. The highest BCUT2D eigenvalue weighted by Gasteiger charge is 1.94. The summed E-state index contributed by atoms with van der Waals surface area (Å²) < 4.78 is 0.720. The van der Waals surface area contributed by atoms with Crippen molar-refractivity contribution in [2.75, 3.05) is 0 Å². The molecule has 0 radical (unpaired) electrons. The van der Waals surface area contributed by atoms with E-state index in [2.05, 4.69) is 32.8 Å².